The summed E-state index contributed by atoms with van der Waals surface area (Å²) in [4.78, 5) is 4.03. The van der Waals surface area contributed by atoms with Crippen LogP contribution in [0.5, 0.6) is 0 Å². The lowest BCUT2D eigenvalue weighted by atomic mass is 9.95. The van der Waals surface area contributed by atoms with Gasteiger partial charge < -0.3 is 5.73 Å². The Morgan fingerprint density at radius 3 is 2.90 bits per heavy atom. The van der Waals surface area contributed by atoms with Crippen molar-refractivity contribution in [2.45, 2.75) is 13.8 Å². The number of hydrogen-bond donors (Lipinski definition) is 1. The van der Waals surface area contributed by atoms with Gasteiger partial charge in [0.05, 0.1) is 0 Å². The Morgan fingerprint density at radius 2 is 2.20 bits per heavy atom. The third-order valence-electron chi connectivity index (χ3n) is 1.34. The zero-order chi connectivity index (χ0) is 7.61. The monoisotopic (exact) mass is 136 g/mol. The van der Waals surface area contributed by atoms with E-state index >= 15 is 0 Å². The molecule has 0 aromatic carbocycles. The second-order valence-corrected chi connectivity index (χ2v) is 3.03. The van der Waals surface area contributed by atoms with Crippen molar-refractivity contribution in [2.24, 2.45) is 16.1 Å². The first-order valence-electron chi connectivity index (χ1n) is 3.30. The first-order chi connectivity index (χ1) is 4.60. The first kappa shape index (κ1) is 7.06. The van der Waals surface area contributed by atoms with Gasteiger partial charge in [-0.05, 0) is 6.08 Å². The first-order valence-corrected chi connectivity index (χ1v) is 3.30. The van der Waals surface area contributed by atoms with Crippen LogP contribution < -0.4 is 5.73 Å². The van der Waals surface area contributed by atoms with E-state index in [1.807, 2.05) is 12.3 Å². The van der Waals surface area contributed by atoms with Crippen molar-refractivity contribution >= 4 is 6.21 Å². The summed E-state index contributed by atoms with van der Waals surface area (Å²) in [5.74, 6) is 0.571. The zero-order valence-corrected chi connectivity index (χ0v) is 6.33. The van der Waals surface area contributed by atoms with Gasteiger partial charge in [-0.1, -0.05) is 26.0 Å². The van der Waals surface area contributed by atoms with E-state index in [1.165, 1.54) is 0 Å². The van der Waals surface area contributed by atoms with Crippen molar-refractivity contribution in [2.75, 3.05) is 0 Å². The van der Waals surface area contributed by atoms with Crippen LogP contribution in [0.3, 0.4) is 0 Å². The van der Waals surface area contributed by atoms with Gasteiger partial charge in [-0.2, -0.15) is 0 Å². The van der Waals surface area contributed by atoms with Crippen molar-refractivity contribution < 1.29 is 0 Å². The Kier molecular flexibility index (Phi) is 1.62. The summed E-state index contributed by atoms with van der Waals surface area (Å²) in [6.07, 6.45) is 7.65. The number of nitrogens with two attached hydrogens (primary N) is 1. The van der Waals surface area contributed by atoms with E-state index in [0.29, 0.717) is 5.82 Å². The second-order valence-electron chi connectivity index (χ2n) is 3.03. The molecule has 10 heavy (non-hydrogen) atoms. The van der Waals surface area contributed by atoms with Crippen molar-refractivity contribution in [1.82, 2.24) is 0 Å². The minimum Gasteiger partial charge on any atom is -0.384 e. The number of allylic oxidation sites excluding steroid dienone is 3. The van der Waals surface area contributed by atoms with E-state index in [-0.39, 0.29) is 5.41 Å². The predicted molar refractivity (Wildman–Crippen MR) is 43.7 cm³/mol. The van der Waals surface area contributed by atoms with E-state index in [9.17, 15) is 0 Å². The maximum atomic E-state index is 5.47. The second kappa shape index (κ2) is 2.29. The van der Waals surface area contributed by atoms with Gasteiger partial charge in [0.25, 0.3) is 0 Å². The Hall–Kier alpha value is -1.05. The third-order valence-corrected chi connectivity index (χ3v) is 1.34. The standard InChI is InChI=1S/C8H12N2/c1-8(2)5-3-4-7(9)10-6-8/h3-6H,9H2,1-2H3. The van der Waals surface area contributed by atoms with Crippen LogP contribution in [0.2, 0.25) is 0 Å². The van der Waals surface area contributed by atoms with Crippen LogP contribution in [-0.4, -0.2) is 6.21 Å². The van der Waals surface area contributed by atoms with Crippen molar-refractivity contribution in [3.8, 4) is 0 Å². The molecule has 1 aliphatic heterocycles. The molecule has 0 spiro atoms. The van der Waals surface area contributed by atoms with Crippen molar-refractivity contribution in [3.63, 3.8) is 0 Å². The molecule has 54 valence electrons. The summed E-state index contributed by atoms with van der Waals surface area (Å²) < 4.78 is 0. The summed E-state index contributed by atoms with van der Waals surface area (Å²) in [5, 5.41) is 0. The van der Waals surface area contributed by atoms with Crippen LogP contribution in [0.25, 0.3) is 0 Å². The van der Waals surface area contributed by atoms with E-state index < -0.39 is 0 Å². The summed E-state index contributed by atoms with van der Waals surface area (Å²) in [6, 6.07) is 0. The highest BCUT2D eigenvalue weighted by Gasteiger charge is 2.10. The maximum absolute atomic E-state index is 5.47. The largest absolute Gasteiger partial charge is 0.384 e. The topological polar surface area (TPSA) is 38.4 Å². The van der Waals surface area contributed by atoms with Crippen LogP contribution in [0, 0.1) is 5.41 Å². The smallest absolute Gasteiger partial charge is 0.122 e. The molecule has 1 heterocycles. The summed E-state index contributed by atoms with van der Waals surface area (Å²) in [6.45, 7) is 4.17. The average molecular weight is 136 g/mol. The highest BCUT2D eigenvalue weighted by Crippen LogP contribution is 2.16. The molecule has 0 bridgehead atoms. The molecule has 0 fully saturated rings. The third kappa shape index (κ3) is 1.72. The van der Waals surface area contributed by atoms with E-state index in [0.717, 1.165) is 0 Å². The molecule has 0 amide bonds. The molecule has 0 radical (unpaired) electrons. The fourth-order valence-electron chi connectivity index (χ4n) is 0.722. The molecule has 1 aliphatic rings. The van der Waals surface area contributed by atoms with Gasteiger partial charge in [-0.3, -0.25) is 0 Å². The van der Waals surface area contributed by atoms with Gasteiger partial charge >= 0.3 is 0 Å². The number of nitrogens with zero attached hydrogens (tertiary/aromatic N) is 1. The van der Waals surface area contributed by atoms with Gasteiger partial charge in [0.2, 0.25) is 0 Å². The highest BCUT2D eigenvalue weighted by molar-refractivity contribution is 5.69. The van der Waals surface area contributed by atoms with Crippen LogP contribution in [0.1, 0.15) is 13.8 Å². The Bertz CT molecular complexity index is 209. The molecule has 0 aliphatic carbocycles. The summed E-state index contributed by atoms with van der Waals surface area (Å²) in [5.41, 5.74) is 5.51. The van der Waals surface area contributed by atoms with Gasteiger partial charge in [-0.25, -0.2) is 4.99 Å². The van der Waals surface area contributed by atoms with Gasteiger partial charge in [0.15, 0.2) is 0 Å². The average Bonchev–Trinajstić information content (AvgIpc) is 1.94. The normalized spacial score (nSPS) is 22.0. The van der Waals surface area contributed by atoms with Crippen LogP contribution in [-0.2, 0) is 0 Å². The number of aliphatic imine (C=N–C) groups is 1. The molecule has 1 rings (SSSR count). The maximum Gasteiger partial charge on any atom is 0.122 e. The zero-order valence-electron chi connectivity index (χ0n) is 6.33. The Labute approximate surface area is 61.1 Å². The van der Waals surface area contributed by atoms with Crippen molar-refractivity contribution in [3.05, 3.63) is 24.0 Å². The molecule has 2 N–H and O–H groups in total. The molecular formula is C8H12N2. The summed E-state index contributed by atoms with van der Waals surface area (Å²) >= 11 is 0. The fourth-order valence-corrected chi connectivity index (χ4v) is 0.722. The summed E-state index contributed by atoms with van der Waals surface area (Å²) in [7, 11) is 0. The van der Waals surface area contributed by atoms with E-state index in [4.69, 9.17) is 5.73 Å². The van der Waals surface area contributed by atoms with Crippen LogP contribution in [0.4, 0.5) is 0 Å². The number of hydrogen-bond acceptors (Lipinski definition) is 2. The molecular weight excluding hydrogens is 124 g/mol. The van der Waals surface area contributed by atoms with Gasteiger partial charge in [-0.15, -0.1) is 0 Å². The Morgan fingerprint density at radius 1 is 1.50 bits per heavy atom. The molecule has 0 saturated heterocycles. The molecule has 0 saturated carbocycles. The minimum atomic E-state index is 0.0393. The Balaban J connectivity index is 2.88. The lowest BCUT2D eigenvalue weighted by Crippen LogP contribution is -2.08. The molecule has 0 unspecified atom stereocenters. The van der Waals surface area contributed by atoms with Crippen LogP contribution in [0.15, 0.2) is 29.0 Å². The van der Waals surface area contributed by atoms with Crippen molar-refractivity contribution in [1.29, 1.82) is 0 Å². The fraction of sp³-hybridized carbons (Fsp3) is 0.375. The number of rotatable bonds is 0. The minimum absolute atomic E-state index is 0.0393. The lowest BCUT2D eigenvalue weighted by Gasteiger charge is -2.10. The molecule has 0 atom stereocenters. The van der Waals surface area contributed by atoms with E-state index in [1.54, 1.807) is 6.08 Å². The molecule has 2 heteroatoms. The van der Waals surface area contributed by atoms with E-state index in [2.05, 4.69) is 24.9 Å². The quantitative estimate of drug-likeness (QED) is 0.538. The highest BCUT2D eigenvalue weighted by atomic mass is 14.9. The molecule has 0 aromatic heterocycles. The molecule has 2 nitrogen and oxygen atoms in total. The SMILES string of the molecule is CC1(C)C=CC=C(N)N=C1. The van der Waals surface area contributed by atoms with Gasteiger partial charge in [0.1, 0.15) is 5.82 Å². The predicted octanol–water partition coefficient (Wildman–Crippen LogP) is 1.45. The lowest BCUT2D eigenvalue weighted by molar-refractivity contribution is 0.694. The van der Waals surface area contributed by atoms with Crippen LogP contribution >= 0.6 is 0 Å². The van der Waals surface area contributed by atoms with Gasteiger partial charge in [0, 0.05) is 11.6 Å². The molecule has 0 aromatic rings.